The van der Waals surface area contributed by atoms with Gasteiger partial charge < -0.3 is 9.78 Å². The van der Waals surface area contributed by atoms with Gasteiger partial charge >= 0.3 is 0 Å². The molecule has 1 aromatic rings. The van der Waals surface area contributed by atoms with Crippen molar-refractivity contribution in [1.29, 1.82) is 0 Å². The second-order valence-electron chi connectivity index (χ2n) is 5.56. The number of hydrogen-bond acceptors (Lipinski definition) is 2. The van der Waals surface area contributed by atoms with Crippen LogP contribution in [0, 0.1) is 5.92 Å². The summed E-state index contributed by atoms with van der Waals surface area (Å²) in [5.41, 5.74) is 1.47. The molecule has 1 aliphatic carbocycles. The summed E-state index contributed by atoms with van der Waals surface area (Å²) in [6.07, 6.45) is 12.4. The first kappa shape index (κ1) is 14.0. The topological polar surface area (TPSA) is 49.9 Å². The lowest BCUT2D eigenvalue weighted by atomic mass is 9.85. The fraction of sp³-hybridized carbons (Fsp3) is 0.625. The summed E-state index contributed by atoms with van der Waals surface area (Å²) in [4.78, 5) is 25.6. The third kappa shape index (κ3) is 4.05. The van der Waals surface area contributed by atoms with E-state index in [-0.39, 0.29) is 5.78 Å². The summed E-state index contributed by atoms with van der Waals surface area (Å²) < 4.78 is 0. The maximum absolute atomic E-state index is 12.1. The van der Waals surface area contributed by atoms with Gasteiger partial charge in [-0.15, -0.1) is 0 Å². The molecule has 2 rings (SSSR count). The number of ketones is 1. The summed E-state index contributed by atoms with van der Waals surface area (Å²) in [6, 6.07) is 1.79. The zero-order valence-electron chi connectivity index (χ0n) is 11.5. The first-order chi connectivity index (χ1) is 9.31. The molecule has 0 spiro atoms. The molecule has 1 saturated carbocycles. The molecule has 0 atom stereocenters. The summed E-state index contributed by atoms with van der Waals surface area (Å²) >= 11 is 0. The molecular formula is C16H23NO2. The number of Topliss-reactive ketones (excluding diaryl/α,β-unsaturated/α-hetero) is 1. The van der Waals surface area contributed by atoms with E-state index in [0.29, 0.717) is 18.4 Å². The van der Waals surface area contributed by atoms with Crippen molar-refractivity contribution in [1.82, 2.24) is 4.98 Å². The van der Waals surface area contributed by atoms with Crippen LogP contribution in [0.15, 0.2) is 12.3 Å². The van der Waals surface area contributed by atoms with Crippen LogP contribution in [-0.2, 0) is 11.2 Å². The average Bonchev–Trinajstić information content (AvgIpc) is 2.89. The van der Waals surface area contributed by atoms with E-state index in [1.54, 1.807) is 12.3 Å². The predicted octanol–water partition coefficient (Wildman–Crippen LogP) is 3.69. The third-order valence-electron chi connectivity index (χ3n) is 4.16. The number of hydrogen-bond donors (Lipinski definition) is 1. The Morgan fingerprint density at radius 3 is 2.84 bits per heavy atom. The number of aldehydes is 1. The second kappa shape index (κ2) is 7.27. The number of aromatic nitrogens is 1. The number of carbonyl (C=O) groups excluding carboxylic acids is 2. The normalized spacial score (nSPS) is 16.4. The van der Waals surface area contributed by atoms with Gasteiger partial charge in [0.2, 0.25) is 0 Å². The number of carbonyl (C=O) groups is 2. The van der Waals surface area contributed by atoms with Crippen LogP contribution in [0.3, 0.4) is 0 Å². The second-order valence-corrected chi connectivity index (χ2v) is 5.56. The smallest absolute Gasteiger partial charge is 0.164 e. The molecule has 1 heterocycles. The van der Waals surface area contributed by atoms with Crippen LogP contribution in [0.1, 0.15) is 67.4 Å². The minimum Gasteiger partial charge on any atom is -0.364 e. The van der Waals surface area contributed by atoms with Gasteiger partial charge in [0.25, 0.3) is 0 Å². The van der Waals surface area contributed by atoms with E-state index >= 15 is 0 Å². The molecule has 0 saturated heterocycles. The Kier molecular flexibility index (Phi) is 5.37. The van der Waals surface area contributed by atoms with E-state index in [9.17, 15) is 9.59 Å². The molecule has 1 N–H and O–H groups in total. The van der Waals surface area contributed by atoms with Gasteiger partial charge in [-0.1, -0.05) is 38.5 Å². The molecule has 104 valence electrons. The Labute approximate surface area is 114 Å². The summed E-state index contributed by atoms with van der Waals surface area (Å²) in [6.45, 7) is 0. The molecule has 19 heavy (non-hydrogen) atoms. The number of nitrogens with one attached hydrogen (secondary N) is 1. The first-order valence-corrected chi connectivity index (χ1v) is 7.44. The van der Waals surface area contributed by atoms with Crippen molar-refractivity contribution >= 4 is 12.1 Å². The Hall–Kier alpha value is -1.38. The zero-order chi connectivity index (χ0) is 13.5. The Bertz CT molecular complexity index is 416. The molecule has 1 aromatic heterocycles. The van der Waals surface area contributed by atoms with Crippen molar-refractivity contribution in [2.45, 2.75) is 57.8 Å². The molecule has 0 aromatic carbocycles. The molecule has 1 fully saturated rings. The summed E-state index contributed by atoms with van der Waals surface area (Å²) in [5, 5.41) is 0. The quantitative estimate of drug-likeness (QED) is 0.601. The van der Waals surface area contributed by atoms with Crippen LogP contribution in [-0.4, -0.2) is 17.1 Å². The average molecular weight is 261 g/mol. The van der Waals surface area contributed by atoms with E-state index in [4.69, 9.17) is 0 Å². The van der Waals surface area contributed by atoms with Crippen LogP contribution >= 0.6 is 0 Å². The van der Waals surface area contributed by atoms with Crippen molar-refractivity contribution in [2.75, 3.05) is 0 Å². The molecule has 0 aliphatic heterocycles. The van der Waals surface area contributed by atoms with Crippen molar-refractivity contribution in [3.63, 3.8) is 0 Å². The highest BCUT2D eigenvalue weighted by molar-refractivity contribution is 5.97. The lowest BCUT2D eigenvalue weighted by Crippen LogP contribution is -2.08. The molecule has 1 aliphatic rings. The highest BCUT2D eigenvalue weighted by Crippen LogP contribution is 2.28. The maximum atomic E-state index is 12.1. The standard InChI is InChI=1S/C16H23NO2/c18-12-10-15-14(9-11-17-15)16(19)8-4-7-13-5-2-1-3-6-13/h9,11-13,17H,1-8,10H2. The number of rotatable bonds is 7. The van der Waals surface area contributed by atoms with Crippen LogP contribution in [0.5, 0.6) is 0 Å². The predicted molar refractivity (Wildman–Crippen MR) is 75.3 cm³/mol. The van der Waals surface area contributed by atoms with Crippen LogP contribution in [0.4, 0.5) is 0 Å². The fourth-order valence-electron chi connectivity index (χ4n) is 3.08. The van der Waals surface area contributed by atoms with E-state index < -0.39 is 0 Å². The number of H-pyrrole nitrogens is 1. The van der Waals surface area contributed by atoms with Gasteiger partial charge in [-0.05, 0) is 18.4 Å². The van der Waals surface area contributed by atoms with Gasteiger partial charge in [-0.2, -0.15) is 0 Å². The SMILES string of the molecule is O=CCc1[nH]ccc1C(=O)CCCC1CCCCC1. The van der Waals surface area contributed by atoms with Crippen LogP contribution in [0.25, 0.3) is 0 Å². The molecule has 0 bridgehead atoms. The summed E-state index contributed by atoms with van der Waals surface area (Å²) in [7, 11) is 0. The Balaban J connectivity index is 1.77. The molecule has 0 radical (unpaired) electrons. The van der Waals surface area contributed by atoms with Gasteiger partial charge in [0, 0.05) is 30.3 Å². The van der Waals surface area contributed by atoms with Crippen molar-refractivity contribution in [2.24, 2.45) is 5.92 Å². The fourth-order valence-corrected chi connectivity index (χ4v) is 3.08. The number of aromatic amines is 1. The molecule has 3 heteroatoms. The largest absolute Gasteiger partial charge is 0.364 e. The molecular weight excluding hydrogens is 238 g/mol. The minimum atomic E-state index is 0.175. The Morgan fingerprint density at radius 2 is 2.11 bits per heavy atom. The minimum absolute atomic E-state index is 0.175. The molecule has 3 nitrogen and oxygen atoms in total. The van der Waals surface area contributed by atoms with Gasteiger partial charge in [0.05, 0.1) is 0 Å². The van der Waals surface area contributed by atoms with E-state index in [1.165, 1.54) is 38.5 Å². The summed E-state index contributed by atoms with van der Waals surface area (Å²) in [5.74, 6) is 1.01. The maximum Gasteiger partial charge on any atom is 0.164 e. The lowest BCUT2D eigenvalue weighted by Gasteiger charge is -2.21. The van der Waals surface area contributed by atoms with Gasteiger partial charge in [-0.3, -0.25) is 4.79 Å². The van der Waals surface area contributed by atoms with Gasteiger partial charge in [0.1, 0.15) is 6.29 Å². The zero-order valence-corrected chi connectivity index (χ0v) is 11.5. The van der Waals surface area contributed by atoms with Crippen molar-refractivity contribution < 1.29 is 9.59 Å². The lowest BCUT2D eigenvalue weighted by molar-refractivity contribution is -0.107. The molecule has 0 amide bonds. The highest BCUT2D eigenvalue weighted by Gasteiger charge is 2.15. The Morgan fingerprint density at radius 1 is 1.32 bits per heavy atom. The van der Waals surface area contributed by atoms with E-state index in [2.05, 4.69) is 4.98 Å². The monoisotopic (exact) mass is 261 g/mol. The van der Waals surface area contributed by atoms with Crippen LogP contribution < -0.4 is 0 Å². The van der Waals surface area contributed by atoms with Crippen molar-refractivity contribution in [3.05, 3.63) is 23.5 Å². The highest BCUT2D eigenvalue weighted by atomic mass is 16.1. The van der Waals surface area contributed by atoms with Crippen LogP contribution in [0.2, 0.25) is 0 Å². The van der Waals surface area contributed by atoms with Crippen molar-refractivity contribution in [3.8, 4) is 0 Å². The van der Waals surface area contributed by atoms with Gasteiger partial charge in [-0.25, -0.2) is 0 Å². The first-order valence-electron chi connectivity index (χ1n) is 7.44. The molecule has 0 unspecified atom stereocenters. The third-order valence-corrected chi connectivity index (χ3v) is 4.16. The van der Waals surface area contributed by atoms with E-state index in [1.807, 2.05) is 0 Å². The van der Waals surface area contributed by atoms with Gasteiger partial charge in [0.15, 0.2) is 5.78 Å². The van der Waals surface area contributed by atoms with E-state index in [0.717, 1.165) is 24.3 Å².